The molecule has 0 heterocycles. The van der Waals surface area contributed by atoms with Gasteiger partial charge >= 0.3 is 0 Å². The summed E-state index contributed by atoms with van der Waals surface area (Å²) in [6, 6.07) is 3.64. The Bertz CT molecular complexity index is 444. The molecule has 1 amide bonds. The zero-order chi connectivity index (χ0) is 12.5. The first-order chi connectivity index (χ1) is 8.00. The van der Waals surface area contributed by atoms with Gasteiger partial charge in [-0.2, -0.15) is 0 Å². The van der Waals surface area contributed by atoms with E-state index >= 15 is 0 Å². The molecule has 17 heavy (non-hydrogen) atoms. The van der Waals surface area contributed by atoms with Gasteiger partial charge in [0.2, 0.25) is 0 Å². The van der Waals surface area contributed by atoms with Crippen LogP contribution in [0, 0.1) is 5.82 Å². The van der Waals surface area contributed by atoms with Crippen LogP contribution in [-0.4, -0.2) is 23.2 Å². The van der Waals surface area contributed by atoms with Crippen molar-refractivity contribution in [2.75, 3.05) is 12.3 Å². The number of carbonyl (C=O) groups excluding carboxylic acids is 1. The summed E-state index contributed by atoms with van der Waals surface area (Å²) < 4.78 is 13.0. The zero-order valence-electron chi connectivity index (χ0n) is 9.37. The van der Waals surface area contributed by atoms with Gasteiger partial charge in [0.05, 0.1) is 11.2 Å². The molecule has 1 aliphatic rings. The Morgan fingerprint density at radius 2 is 2.24 bits per heavy atom. The van der Waals surface area contributed by atoms with Crippen molar-refractivity contribution >= 4 is 11.6 Å². The van der Waals surface area contributed by atoms with E-state index in [1.807, 2.05) is 0 Å². The Hall–Kier alpha value is -1.62. The molecule has 1 aliphatic carbocycles. The zero-order valence-corrected chi connectivity index (χ0v) is 9.37. The minimum atomic E-state index is -0.794. The van der Waals surface area contributed by atoms with Crippen LogP contribution in [-0.2, 0) is 0 Å². The van der Waals surface area contributed by atoms with Crippen molar-refractivity contribution in [1.82, 2.24) is 5.32 Å². The molecule has 1 aromatic rings. The monoisotopic (exact) mass is 238 g/mol. The number of hydrogen-bond acceptors (Lipinski definition) is 3. The van der Waals surface area contributed by atoms with Gasteiger partial charge in [-0.3, -0.25) is 4.79 Å². The first kappa shape index (κ1) is 11.9. The standard InChI is InChI=1S/C12H15FN2O2/c13-8-2-3-10(14)9(6-8)11(16)15-7-12(17)4-1-5-12/h2-3,6,17H,1,4-5,7,14H2,(H,15,16). The first-order valence-electron chi connectivity index (χ1n) is 5.56. The lowest BCUT2D eigenvalue weighted by Crippen LogP contribution is -2.47. The Kier molecular flexibility index (Phi) is 3.02. The number of rotatable bonds is 3. The van der Waals surface area contributed by atoms with Gasteiger partial charge in [0.25, 0.3) is 5.91 Å². The molecule has 1 saturated carbocycles. The highest BCUT2D eigenvalue weighted by molar-refractivity contribution is 5.99. The second kappa shape index (κ2) is 4.33. The Labute approximate surface area is 98.6 Å². The molecule has 5 heteroatoms. The molecular weight excluding hydrogens is 223 g/mol. The molecule has 0 bridgehead atoms. The fraction of sp³-hybridized carbons (Fsp3) is 0.417. The first-order valence-corrected chi connectivity index (χ1v) is 5.56. The van der Waals surface area contributed by atoms with Crippen molar-refractivity contribution in [3.05, 3.63) is 29.6 Å². The fourth-order valence-corrected chi connectivity index (χ4v) is 1.83. The number of anilines is 1. The van der Waals surface area contributed by atoms with Gasteiger partial charge < -0.3 is 16.2 Å². The largest absolute Gasteiger partial charge is 0.398 e. The van der Waals surface area contributed by atoms with Crippen molar-refractivity contribution < 1.29 is 14.3 Å². The Morgan fingerprint density at radius 1 is 1.53 bits per heavy atom. The van der Waals surface area contributed by atoms with Crippen LogP contribution in [0.4, 0.5) is 10.1 Å². The lowest BCUT2D eigenvalue weighted by molar-refractivity contribution is -0.0300. The van der Waals surface area contributed by atoms with Crippen LogP contribution >= 0.6 is 0 Å². The van der Waals surface area contributed by atoms with Crippen LogP contribution in [0.2, 0.25) is 0 Å². The van der Waals surface area contributed by atoms with Crippen LogP contribution < -0.4 is 11.1 Å². The number of carbonyl (C=O) groups is 1. The highest BCUT2D eigenvalue weighted by atomic mass is 19.1. The highest BCUT2D eigenvalue weighted by Crippen LogP contribution is 2.30. The summed E-state index contributed by atoms with van der Waals surface area (Å²) in [5.74, 6) is -0.964. The summed E-state index contributed by atoms with van der Waals surface area (Å²) in [5.41, 5.74) is 5.12. The van der Waals surface area contributed by atoms with E-state index in [9.17, 15) is 14.3 Å². The van der Waals surface area contributed by atoms with Crippen molar-refractivity contribution in [3.8, 4) is 0 Å². The van der Waals surface area contributed by atoms with Crippen molar-refractivity contribution in [1.29, 1.82) is 0 Å². The van der Waals surface area contributed by atoms with Gasteiger partial charge in [-0.15, -0.1) is 0 Å². The van der Waals surface area contributed by atoms with Crippen LogP contribution in [0.5, 0.6) is 0 Å². The number of nitrogen functional groups attached to an aromatic ring is 1. The van der Waals surface area contributed by atoms with Crippen LogP contribution in [0.1, 0.15) is 29.6 Å². The van der Waals surface area contributed by atoms with Gasteiger partial charge in [-0.25, -0.2) is 4.39 Å². The van der Waals surface area contributed by atoms with Crippen LogP contribution in [0.3, 0.4) is 0 Å². The normalized spacial score (nSPS) is 17.3. The fourth-order valence-electron chi connectivity index (χ4n) is 1.83. The molecule has 92 valence electrons. The maximum absolute atomic E-state index is 13.0. The quantitative estimate of drug-likeness (QED) is 0.689. The summed E-state index contributed by atoms with van der Waals surface area (Å²) >= 11 is 0. The Morgan fingerprint density at radius 3 is 2.82 bits per heavy atom. The summed E-state index contributed by atoms with van der Waals surface area (Å²) in [5, 5.41) is 12.4. The number of hydrogen-bond donors (Lipinski definition) is 3. The molecule has 0 radical (unpaired) electrons. The van der Waals surface area contributed by atoms with Gasteiger partial charge in [0, 0.05) is 12.2 Å². The molecule has 0 aromatic heterocycles. The van der Waals surface area contributed by atoms with E-state index < -0.39 is 17.3 Å². The van der Waals surface area contributed by atoms with E-state index in [1.54, 1.807) is 0 Å². The van der Waals surface area contributed by atoms with Crippen molar-refractivity contribution in [2.24, 2.45) is 0 Å². The molecular formula is C12H15FN2O2. The summed E-state index contributed by atoms with van der Waals surface area (Å²) in [6.07, 6.45) is 2.34. The van der Waals surface area contributed by atoms with Gasteiger partial charge in [-0.1, -0.05) is 0 Å². The summed E-state index contributed by atoms with van der Waals surface area (Å²) in [7, 11) is 0. The second-order valence-corrected chi connectivity index (χ2v) is 4.49. The van der Waals surface area contributed by atoms with Crippen LogP contribution in [0.15, 0.2) is 18.2 Å². The Balaban J connectivity index is 2.01. The maximum Gasteiger partial charge on any atom is 0.253 e. The third-order valence-electron chi connectivity index (χ3n) is 3.12. The number of benzene rings is 1. The molecule has 0 atom stereocenters. The minimum Gasteiger partial charge on any atom is -0.398 e. The summed E-state index contributed by atoms with van der Waals surface area (Å²) in [4.78, 5) is 11.7. The number of halogens is 1. The smallest absolute Gasteiger partial charge is 0.253 e. The maximum atomic E-state index is 13.0. The third-order valence-corrected chi connectivity index (χ3v) is 3.12. The highest BCUT2D eigenvalue weighted by Gasteiger charge is 2.34. The molecule has 4 nitrogen and oxygen atoms in total. The molecule has 0 saturated heterocycles. The molecule has 1 fully saturated rings. The molecule has 0 aliphatic heterocycles. The number of nitrogens with one attached hydrogen (secondary N) is 1. The predicted octanol–water partition coefficient (Wildman–Crippen LogP) is 1.05. The minimum absolute atomic E-state index is 0.105. The van der Waals surface area contributed by atoms with E-state index in [-0.39, 0.29) is 17.8 Å². The SMILES string of the molecule is Nc1ccc(F)cc1C(=O)NCC1(O)CCC1. The van der Waals surface area contributed by atoms with E-state index in [1.165, 1.54) is 12.1 Å². The van der Waals surface area contributed by atoms with Crippen molar-refractivity contribution in [3.63, 3.8) is 0 Å². The number of aliphatic hydroxyl groups is 1. The van der Waals surface area contributed by atoms with E-state index in [0.29, 0.717) is 12.8 Å². The van der Waals surface area contributed by atoms with Gasteiger partial charge in [0.15, 0.2) is 0 Å². The second-order valence-electron chi connectivity index (χ2n) is 4.49. The lowest BCUT2D eigenvalue weighted by Gasteiger charge is -2.36. The molecule has 2 rings (SSSR count). The summed E-state index contributed by atoms with van der Waals surface area (Å²) in [6.45, 7) is 0.182. The topological polar surface area (TPSA) is 75.4 Å². The van der Waals surface area contributed by atoms with Crippen molar-refractivity contribution in [2.45, 2.75) is 24.9 Å². The average molecular weight is 238 g/mol. The predicted molar refractivity (Wildman–Crippen MR) is 61.9 cm³/mol. The van der Waals surface area contributed by atoms with E-state index in [2.05, 4.69) is 5.32 Å². The average Bonchev–Trinajstić information content (AvgIpc) is 2.26. The molecule has 4 N–H and O–H groups in total. The number of amides is 1. The van der Waals surface area contributed by atoms with Gasteiger partial charge in [0.1, 0.15) is 5.82 Å². The molecule has 0 spiro atoms. The molecule has 0 unspecified atom stereocenters. The van der Waals surface area contributed by atoms with Gasteiger partial charge in [-0.05, 0) is 37.5 Å². The third kappa shape index (κ3) is 2.55. The molecule has 1 aromatic carbocycles. The lowest BCUT2D eigenvalue weighted by atomic mass is 9.80. The van der Waals surface area contributed by atoms with E-state index in [0.717, 1.165) is 12.5 Å². The van der Waals surface area contributed by atoms with Crippen LogP contribution in [0.25, 0.3) is 0 Å². The number of nitrogens with two attached hydrogens (primary N) is 1. The van der Waals surface area contributed by atoms with E-state index in [4.69, 9.17) is 5.73 Å².